The van der Waals surface area contributed by atoms with Crippen LogP contribution in [-0.2, 0) is 0 Å². The highest BCUT2D eigenvalue weighted by molar-refractivity contribution is 7.14. The summed E-state index contributed by atoms with van der Waals surface area (Å²) in [7, 11) is 3.02. The molecule has 30 heavy (non-hydrogen) atoms. The fraction of sp³-hybridized carbons (Fsp3) is 0.200. The molecule has 3 N–H and O–H groups in total. The normalized spacial score (nSPS) is 10.2. The van der Waals surface area contributed by atoms with Crippen LogP contribution in [0.25, 0.3) is 0 Å². The Hall–Kier alpha value is -3.66. The summed E-state index contributed by atoms with van der Waals surface area (Å²) in [6.45, 7) is 0.927. The highest BCUT2D eigenvalue weighted by Crippen LogP contribution is 2.28. The SMILES string of the molecule is COc1ccc(C(=O)Nc2nc(C(=O)NCCNc3ccccn3)cs2)cc1OC. The third kappa shape index (κ3) is 5.45. The van der Waals surface area contributed by atoms with Gasteiger partial charge in [0, 0.05) is 30.2 Å². The van der Waals surface area contributed by atoms with Crippen molar-refractivity contribution in [2.45, 2.75) is 0 Å². The van der Waals surface area contributed by atoms with Crippen LogP contribution in [0.4, 0.5) is 10.9 Å². The van der Waals surface area contributed by atoms with Gasteiger partial charge in [-0.1, -0.05) is 6.07 Å². The summed E-state index contributed by atoms with van der Waals surface area (Å²) in [5, 5.41) is 10.5. The lowest BCUT2D eigenvalue weighted by atomic mass is 10.2. The van der Waals surface area contributed by atoms with Crippen molar-refractivity contribution < 1.29 is 19.1 Å². The van der Waals surface area contributed by atoms with Gasteiger partial charge in [0.1, 0.15) is 11.5 Å². The van der Waals surface area contributed by atoms with Gasteiger partial charge in [0.05, 0.1) is 14.2 Å². The molecule has 2 aromatic heterocycles. The lowest BCUT2D eigenvalue weighted by Gasteiger charge is -2.09. The van der Waals surface area contributed by atoms with E-state index in [0.29, 0.717) is 35.3 Å². The number of aromatic nitrogens is 2. The van der Waals surface area contributed by atoms with Crippen molar-refractivity contribution in [3.63, 3.8) is 0 Å². The second-order valence-electron chi connectivity index (χ2n) is 5.96. The molecule has 2 heterocycles. The number of amides is 2. The van der Waals surface area contributed by atoms with Crippen molar-refractivity contribution >= 4 is 34.1 Å². The molecule has 0 bridgehead atoms. The van der Waals surface area contributed by atoms with E-state index in [0.717, 1.165) is 5.82 Å². The minimum atomic E-state index is -0.364. The van der Waals surface area contributed by atoms with E-state index in [1.165, 1.54) is 25.6 Å². The number of carbonyl (C=O) groups is 2. The van der Waals surface area contributed by atoms with Gasteiger partial charge in [-0.05, 0) is 30.3 Å². The molecule has 2 amide bonds. The summed E-state index contributed by atoms with van der Waals surface area (Å²) >= 11 is 1.17. The predicted molar refractivity (Wildman–Crippen MR) is 115 cm³/mol. The van der Waals surface area contributed by atoms with Gasteiger partial charge in [-0.25, -0.2) is 9.97 Å². The van der Waals surface area contributed by atoms with Crippen LogP contribution in [0.5, 0.6) is 11.5 Å². The van der Waals surface area contributed by atoms with Crippen LogP contribution in [0.3, 0.4) is 0 Å². The van der Waals surface area contributed by atoms with E-state index in [1.807, 2.05) is 18.2 Å². The average Bonchev–Trinajstić information content (AvgIpc) is 3.25. The first-order valence-electron chi connectivity index (χ1n) is 9.02. The number of ether oxygens (including phenoxy) is 2. The number of benzene rings is 1. The van der Waals surface area contributed by atoms with Gasteiger partial charge in [-0.3, -0.25) is 14.9 Å². The lowest BCUT2D eigenvalue weighted by molar-refractivity contribution is 0.0949. The van der Waals surface area contributed by atoms with Crippen LogP contribution in [0, 0.1) is 0 Å². The standard InChI is InChI=1S/C20H21N5O4S/c1-28-15-7-6-13(11-16(15)29-2)18(26)25-20-24-14(12-30-20)19(27)23-10-9-22-17-5-3-4-8-21-17/h3-8,11-12H,9-10H2,1-2H3,(H,21,22)(H,23,27)(H,24,25,26). The number of thiazole rings is 1. The number of anilines is 2. The first-order chi connectivity index (χ1) is 14.6. The molecule has 3 rings (SSSR count). The van der Waals surface area contributed by atoms with Crippen molar-refractivity contribution in [3.05, 3.63) is 59.2 Å². The number of carbonyl (C=O) groups excluding carboxylic acids is 2. The van der Waals surface area contributed by atoms with Crippen molar-refractivity contribution in [2.24, 2.45) is 0 Å². The molecule has 9 nitrogen and oxygen atoms in total. The number of pyridine rings is 1. The topological polar surface area (TPSA) is 114 Å². The Kier molecular flexibility index (Phi) is 7.17. The van der Waals surface area contributed by atoms with Gasteiger partial charge in [-0.15, -0.1) is 11.3 Å². The van der Waals surface area contributed by atoms with E-state index in [2.05, 4.69) is 25.9 Å². The van der Waals surface area contributed by atoms with Gasteiger partial charge in [0.2, 0.25) is 0 Å². The number of rotatable bonds is 9. The molecule has 0 fully saturated rings. The fourth-order valence-corrected chi connectivity index (χ4v) is 3.19. The zero-order valence-corrected chi connectivity index (χ0v) is 17.3. The monoisotopic (exact) mass is 427 g/mol. The fourth-order valence-electron chi connectivity index (χ4n) is 2.51. The minimum Gasteiger partial charge on any atom is -0.493 e. The van der Waals surface area contributed by atoms with Crippen LogP contribution in [0.15, 0.2) is 48.0 Å². The van der Waals surface area contributed by atoms with Crippen molar-refractivity contribution in [3.8, 4) is 11.5 Å². The van der Waals surface area contributed by atoms with Gasteiger partial charge in [0.25, 0.3) is 11.8 Å². The van der Waals surface area contributed by atoms with E-state index < -0.39 is 0 Å². The zero-order valence-electron chi connectivity index (χ0n) is 16.5. The van der Waals surface area contributed by atoms with E-state index in [9.17, 15) is 9.59 Å². The summed E-state index contributed by atoms with van der Waals surface area (Å²) in [6, 6.07) is 10.4. The van der Waals surface area contributed by atoms with Crippen LogP contribution in [0.2, 0.25) is 0 Å². The maximum atomic E-state index is 12.5. The second-order valence-corrected chi connectivity index (χ2v) is 6.82. The largest absolute Gasteiger partial charge is 0.493 e. The molecule has 0 unspecified atom stereocenters. The molecule has 0 saturated carbocycles. The Morgan fingerprint density at radius 2 is 1.87 bits per heavy atom. The molecule has 0 aliphatic carbocycles. The van der Waals surface area contributed by atoms with Gasteiger partial charge < -0.3 is 20.1 Å². The molecule has 0 spiro atoms. The quantitative estimate of drug-likeness (QED) is 0.450. The zero-order chi connectivity index (χ0) is 21.3. The molecule has 0 atom stereocenters. The number of methoxy groups -OCH3 is 2. The molecule has 1 aromatic carbocycles. The van der Waals surface area contributed by atoms with E-state index in [4.69, 9.17) is 9.47 Å². The number of hydrogen-bond donors (Lipinski definition) is 3. The summed E-state index contributed by atoms with van der Waals surface area (Å²) in [4.78, 5) is 33.0. The molecule has 0 aliphatic heterocycles. The smallest absolute Gasteiger partial charge is 0.270 e. The molecule has 156 valence electrons. The highest BCUT2D eigenvalue weighted by atomic mass is 32.1. The van der Waals surface area contributed by atoms with E-state index in [-0.39, 0.29) is 17.5 Å². The maximum absolute atomic E-state index is 12.5. The molecule has 0 saturated heterocycles. The third-order valence-corrected chi connectivity index (χ3v) is 4.74. The summed E-state index contributed by atoms with van der Waals surface area (Å²) in [5.41, 5.74) is 0.620. The Balaban J connectivity index is 1.51. The second kappa shape index (κ2) is 10.2. The highest BCUT2D eigenvalue weighted by Gasteiger charge is 2.15. The maximum Gasteiger partial charge on any atom is 0.270 e. The van der Waals surface area contributed by atoms with Crippen LogP contribution >= 0.6 is 11.3 Å². The Bertz CT molecular complexity index is 1010. The lowest BCUT2D eigenvalue weighted by Crippen LogP contribution is -2.29. The van der Waals surface area contributed by atoms with Crippen molar-refractivity contribution in [1.29, 1.82) is 0 Å². The molecule has 0 aliphatic rings. The van der Waals surface area contributed by atoms with Crippen LogP contribution in [-0.4, -0.2) is 49.1 Å². The first kappa shape index (κ1) is 21.1. The molecule has 10 heteroatoms. The molecular formula is C20H21N5O4S. The summed E-state index contributed by atoms with van der Waals surface area (Å²) < 4.78 is 10.4. The number of nitrogens with zero attached hydrogens (tertiary/aromatic N) is 2. The predicted octanol–water partition coefficient (Wildman–Crippen LogP) is 2.65. The van der Waals surface area contributed by atoms with Crippen molar-refractivity contribution in [1.82, 2.24) is 15.3 Å². The Labute approximate surface area is 177 Å². The van der Waals surface area contributed by atoms with Crippen LogP contribution < -0.4 is 25.4 Å². The first-order valence-corrected chi connectivity index (χ1v) is 9.90. The third-order valence-electron chi connectivity index (χ3n) is 3.98. The van der Waals surface area contributed by atoms with Gasteiger partial charge in [0.15, 0.2) is 16.6 Å². The number of hydrogen-bond acceptors (Lipinski definition) is 8. The van der Waals surface area contributed by atoms with Gasteiger partial charge >= 0.3 is 0 Å². The van der Waals surface area contributed by atoms with Gasteiger partial charge in [-0.2, -0.15) is 0 Å². The van der Waals surface area contributed by atoms with Crippen molar-refractivity contribution in [2.75, 3.05) is 37.9 Å². The minimum absolute atomic E-state index is 0.237. The molecular weight excluding hydrogens is 406 g/mol. The number of nitrogens with one attached hydrogen (secondary N) is 3. The average molecular weight is 427 g/mol. The molecule has 0 radical (unpaired) electrons. The summed E-state index contributed by atoms with van der Waals surface area (Å²) in [6.07, 6.45) is 1.69. The van der Waals surface area contributed by atoms with E-state index >= 15 is 0 Å². The van der Waals surface area contributed by atoms with E-state index in [1.54, 1.807) is 29.8 Å². The Morgan fingerprint density at radius 1 is 1.03 bits per heavy atom. The summed E-state index contributed by atoms with van der Waals surface area (Å²) in [5.74, 6) is 1.03. The van der Waals surface area contributed by atoms with Crippen LogP contribution in [0.1, 0.15) is 20.8 Å². The molecule has 3 aromatic rings. The Morgan fingerprint density at radius 3 is 2.60 bits per heavy atom.